The van der Waals surface area contributed by atoms with Gasteiger partial charge in [-0.05, 0) is 68.7 Å². The smallest absolute Gasteiger partial charge is 0.245 e. The van der Waals surface area contributed by atoms with Crippen LogP contribution in [0, 0.1) is 11.8 Å². The maximum Gasteiger partial charge on any atom is 0.245 e. The van der Waals surface area contributed by atoms with Crippen molar-refractivity contribution in [2.45, 2.75) is 54.9 Å². The molecule has 2 unspecified atom stereocenters. The highest BCUT2D eigenvalue weighted by atomic mass is 32.2. The van der Waals surface area contributed by atoms with Crippen LogP contribution in [0.3, 0.4) is 0 Å². The zero-order valence-electron chi connectivity index (χ0n) is 25.6. The largest absolute Gasteiger partial charge is 0.494 e. The van der Waals surface area contributed by atoms with E-state index in [1.807, 2.05) is 68.4 Å². The van der Waals surface area contributed by atoms with Crippen molar-refractivity contribution in [3.05, 3.63) is 84.4 Å². The number of nitrogens with zero attached hydrogens (tertiary/aromatic N) is 4. The summed E-state index contributed by atoms with van der Waals surface area (Å²) in [5.74, 6) is -1.63. The minimum Gasteiger partial charge on any atom is -0.494 e. The van der Waals surface area contributed by atoms with Crippen LogP contribution in [-0.4, -0.2) is 71.5 Å². The Hall–Kier alpha value is -4.42. The van der Waals surface area contributed by atoms with E-state index in [4.69, 9.17) is 4.74 Å². The molecular formula is C34H36N6O5S. The van der Waals surface area contributed by atoms with Crippen molar-refractivity contribution in [2.75, 3.05) is 18.5 Å². The molecule has 3 aliphatic rings. The Bertz CT molecular complexity index is 1780. The molecular weight excluding hydrogens is 604 g/mol. The number of anilines is 1. The second-order valence-electron chi connectivity index (χ2n) is 12.3. The minimum absolute atomic E-state index is 0.0529. The number of hydrogen-bond acceptors (Lipinski definition) is 8. The Balaban J connectivity index is 1.23. The Labute approximate surface area is 270 Å². The summed E-state index contributed by atoms with van der Waals surface area (Å²) in [6.07, 6.45) is 1.26. The number of ether oxygens (including phenoxy) is 1. The van der Waals surface area contributed by atoms with Gasteiger partial charge in [0.15, 0.2) is 0 Å². The van der Waals surface area contributed by atoms with Gasteiger partial charge < -0.3 is 25.4 Å². The quantitative estimate of drug-likeness (QED) is 0.238. The second kappa shape index (κ2) is 11.7. The number of rotatable bonds is 10. The molecule has 46 heavy (non-hydrogen) atoms. The van der Waals surface area contributed by atoms with Crippen molar-refractivity contribution < 1.29 is 24.2 Å². The van der Waals surface area contributed by atoms with Crippen molar-refractivity contribution in [3.63, 3.8) is 0 Å². The number of thioether (sulfide) groups is 1. The molecule has 3 aliphatic heterocycles. The SMILES string of the molecule is CCOc1ccc(NC(=O)[C@@H]2[C@H]3C(=O)N([C@H](CO)c4ccccc4)C(C(=O)NCn4nnc5ccccc54)C34CC[C@@]2(C)S4)cc1. The van der Waals surface area contributed by atoms with Gasteiger partial charge in [-0.25, -0.2) is 4.68 Å². The Morgan fingerprint density at radius 2 is 1.78 bits per heavy atom. The molecule has 3 N–H and O–H groups in total. The monoisotopic (exact) mass is 640 g/mol. The summed E-state index contributed by atoms with van der Waals surface area (Å²) in [4.78, 5) is 44.7. The van der Waals surface area contributed by atoms with Crippen LogP contribution >= 0.6 is 11.8 Å². The first kappa shape index (κ1) is 30.2. The van der Waals surface area contributed by atoms with Gasteiger partial charge in [-0.3, -0.25) is 14.4 Å². The first-order valence-electron chi connectivity index (χ1n) is 15.6. The van der Waals surface area contributed by atoms with Crippen molar-refractivity contribution in [1.29, 1.82) is 0 Å². The molecule has 1 aromatic heterocycles. The lowest BCUT2D eigenvalue weighted by Gasteiger charge is -2.37. The van der Waals surface area contributed by atoms with Gasteiger partial charge in [0.2, 0.25) is 17.7 Å². The second-order valence-corrected chi connectivity index (χ2v) is 14.2. The van der Waals surface area contributed by atoms with Gasteiger partial charge in [0.05, 0.1) is 41.4 Å². The summed E-state index contributed by atoms with van der Waals surface area (Å²) in [6.45, 7) is 4.15. The highest BCUT2D eigenvalue weighted by Crippen LogP contribution is 2.72. The number of para-hydroxylation sites is 1. The van der Waals surface area contributed by atoms with Crippen LogP contribution in [0.2, 0.25) is 0 Å². The Kier molecular flexibility index (Phi) is 7.72. The van der Waals surface area contributed by atoms with Gasteiger partial charge in [0, 0.05) is 10.4 Å². The molecule has 0 saturated carbocycles. The van der Waals surface area contributed by atoms with Crippen molar-refractivity contribution in [3.8, 4) is 5.75 Å². The van der Waals surface area contributed by atoms with Crippen LogP contribution in [0.15, 0.2) is 78.9 Å². The fourth-order valence-electron chi connectivity index (χ4n) is 7.73. The molecule has 0 aliphatic carbocycles. The third-order valence-electron chi connectivity index (χ3n) is 9.69. The van der Waals surface area contributed by atoms with E-state index in [1.165, 1.54) is 0 Å². The predicted octanol–water partition coefficient (Wildman–Crippen LogP) is 3.76. The fourth-order valence-corrected chi connectivity index (χ4v) is 10.1. The van der Waals surface area contributed by atoms with Gasteiger partial charge in [0.1, 0.15) is 24.0 Å². The number of nitrogens with one attached hydrogen (secondary N) is 2. The number of likely N-dealkylation sites (tertiary alicyclic amines) is 1. The van der Waals surface area contributed by atoms with Gasteiger partial charge in [-0.2, -0.15) is 0 Å². The highest BCUT2D eigenvalue weighted by Gasteiger charge is 2.77. The molecule has 4 aromatic rings. The van der Waals surface area contributed by atoms with E-state index >= 15 is 0 Å². The maximum atomic E-state index is 14.7. The third-order valence-corrected chi connectivity index (χ3v) is 11.7. The third kappa shape index (κ3) is 4.82. The number of hydrogen-bond donors (Lipinski definition) is 3. The first-order valence-corrected chi connectivity index (χ1v) is 16.4. The minimum atomic E-state index is -0.924. The normalized spacial score (nSPS) is 27.1. The molecule has 0 radical (unpaired) electrons. The predicted molar refractivity (Wildman–Crippen MR) is 174 cm³/mol. The molecule has 4 heterocycles. The molecule has 3 aromatic carbocycles. The lowest BCUT2D eigenvalue weighted by atomic mass is 9.66. The van der Waals surface area contributed by atoms with E-state index in [2.05, 4.69) is 20.9 Å². The number of amides is 3. The number of carbonyl (C=O) groups excluding carboxylic acids is 3. The number of aromatic nitrogens is 3. The average molecular weight is 641 g/mol. The first-order chi connectivity index (χ1) is 22.3. The zero-order chi connectivity index (χ0) is 32.1. The molecule has 3 fully saturated rings. The van der Waals surface area contributed by atoms with Gasteiger partial charge in [-0.15, -0.1) is 16.9 Å². The summed E-state index contributed by atoms with van der Waals surface area (Å²) >= 11 is 1.58. The van der Waals surface area contributed by atoms with Gasteiger partial charge in [-0.1, -0.05) is 47.7 Å². The van der Waals surface area contributed by atoms with E-state index in [9.17, 15) is 19.5 Å². The van der Waals surface area contributed by atoms with Crippen molar-refractivity contribution in [1.82, 2.24) is 25.2 Å². The van der Waals surface area contributed by atoms with E-state index in [0.717, 1.165) is 11.1 Å². The molecule has 11 nitrogen and oxygen atoms in total. The van der Waals surface area contributed by atoms with Crippen LogP contribution in [0.5, 0.6) is 5.75 Å². The van der Waals surface area contributed by atoms with E-state index in [-0.39, 0.29) is 31.0 Å². The van der Waals surface area contributed by atoms with Gasteiger partial charge >= 0.3 is 0 Å². The van der Waals surface area contributed by atoms with E-state index in [1.54, 1.807) is 45.6 Å². The fraction of sp³-hybridized carbons (Fsp3) is 0.382. The number of benzene rings is 3. The van der Waals surface area contributed by atoms with E-state index in [0.29, 0.717) is 36.4 Å². The molecule has 238 valence electrons. The van der Waals surface area contributed by atoms with Crippen LogP contribution in [0.4, 0.5) is 5.69 Å². The number of fused-ring (bicyclic) bond motifs is 2. The maximum absolute atomic E-state index is 14.7. The standard InChI is InChI=1S/C34H36N6O5S/c1-3-45-23-15-13-22(14-16-23)36-30(42)27-28-32(44)40(26(19-41)21-9-5-4-6-10-21)29(34(28)18-17-33(27,2)46-34)31(43)35-20-39-25-12-8-7-11-24(25)37-38-39/h4-16,26-29,41H,3,17-20H2,1-2H3,(H,35,43)(H,36,42)/t26-,27+,28+,29?,33-,34?/m1/s1. The topological polar surface area (TPSA) is 139 Å². The molecule has 6 atom stereocenters. The van der Waals surface area contributed by atoms with Crippen molar-refractivity contribution >= 4 is 46.2 Å². The van der Waals surface area contributed by atoms with Crippen LogP contribution in [0.1, 0.15) is 38.3 Å². The summed E-state index contributed by atoms with van der Waals surface area (Å²) in [5.41, 5.74) is 2.80. The number of aliphatic hydroxyl groups is 1. The molecule has 3 saturated heterocycles. The Morgan fingerprint density at radius 1 is 1.04 bits per heavy atom. The summed E-state index contributed by atoms with van der Waals surface area (Å²) in [7, 11) is 0. The van der Waals surface area contributed by atoms with Crippen LogP contribution in [-0.2, 0) is 21.1 Å². The zero-order valence-corrected chi connectivity index (χ0v) is 26.4. The Morgan fingerprint density at radius 3 is 2.52 bits per heavy atom. The van der Waals surface area contributed by atoms with Crippen molar-refractivity contribution in [2.24, 2.45) is 11.8 Å². The van der Waals surface area contributed by atoms with Crippen LogP contribution < -0.4 is 15.4 Å². The summed E-state index contributed by atoms with van der Waals surface area (Å²) in [5, 5.41) is 25.2. The molecule has 3 amide bonds. The summed E-state index contributed by atoms with van der Waals surface area (Å²) in [6, 6.07) is 22.2. The highest BCUT2D eigenvalue weighted by molar-refractivity contribution is 8.02. The number of carbonyl (C=O) groups is 3. The summed E-state index contributed by atoms with van der Waals surface area (Å²) < 4.78 is 5.74. The molecule has 1 spiro atoms. The molecule has 7 rings (SSSR count). The van der Waals surface area contributed by atoms with E-state index < -0.39 is 33.4 Å². The number of aliphatic hydroxyl groups excluding tert-OH is 1. The van der Waals surface area contributed by atoms with Gasteiger partial charge in [0.25, 0.3) is 0 Å². The molecule has 2 bridgehead atoms. The lowest BCUT2D eigenvalue weighted by Crippen LogP contribution is -2.54. The average Bonchev–Trinajstić information content (AvgIpc) is 3.77. The van der Waals surface area contributed by atoms with Crippen LogP contribution in [0.25, 0.3) is 11.0 Å². The molecule has 12 heteroatoms. The lowest BCUT2D eigenvalue weighted by molar-refractivity contribution is -0.142.